The van der Waals surface area contributed by atoms with E-state index in [-0.39, 0.29) is 11.2 Å². The maximum absolute atomic E-state index is 12.1. The van der Waals surface area contributed by atoms with Crippen LogP contribution in [0.1, 0.15) is 20.3 Å². The van der Waals surface area contributed by atoms with Gasteiger partial charge in [-0.15, -0.1) is 10.2 Å². The molecule has 0 aliphatic carbocycles. The van der Waals surface area contributed by atoms with Crippen molar-refractivity contribution in [1.82, 2.24) is 10.2 Å². The van der Waals surface area contributed by atoms with Gasteiger partial charge in [0, 0.05) is 12.2 Å². The SMILES string of the molecule is CCCNc1nnc(S[C@@H](C)C(=O)Nc2ccccc2)s1. The summed E-state index contributed by atoms with van der Waals surface area (Å²) in [5.41, 5.74) is 0.803. The molecule has 0 bridgehead atoms. The summed E-state index contributed by atoms with van der Waals surface area (Å²) < 4.78 is 0.796. The first-order chi connectivity index (χ1) is 10.2. The second-order valence-electron chi connectivity index (χ2n) is 4.42. The van der Waals surface area contributed by atoms with Crippen LogP contribution in [-0.4, -0.2) is 27.9 Å². The monoisotopic (exact) mass is 322 g/mol. The first-order valence-corrected chi connectivity index (χ1v) is 8.48. The Morgan fingerprint density at radius 3 is 2.81 bits per heavy atom. The fraction of sp³-hybridized carbons (Fsp3) is 0.357. The van der Waals surface area contributed by atoms with E-state index in [0.717, 1.165) is 28.1 Å². The van der Waals surface area contributed by atoms with E-state index in [1.165, 1.54) is 23.1 Å². The predicted molar refractivity (Wildman–Crippen MR) is 89.1 cm³/mol. The minimum absolute atomic E-state index is 0.0375. The molecule has 1 aromatic carbocycles. The number of para-hydroxylation sites is 1. The maximum atomic E-state index is 12.1. The van der Waals surface area contributed by atoms with Crippen LogP contribution in [0.2, 0.25) is 0 Å². The molecule has 1 aromatic heterocycles. The van der Waals surface area contributed by atoms with E-state index in [0.29, 0.717) is 0 Å². The highest BCUT2D eigenvalue weighted by molar-refractivity contribution is 8.02. The number of carbonyl (C=O) groups is 1. The molecule has 0 unspecified atom stereocenters. The Balaban J connectivity index is 1.87. The number of hydrogen-bond acceptors (Lipinski definition) is 6. The summed E-state index contributed by atoms with van der Waals surface area (Å²) in [5.74, 6) is -0.0375. The number of carbonyl (C=O) groups excluding carboxylic acids is 1. The zero-order chi connectivity index (χ0) is 15.1. The molecule has 1 atom stereocenters. The Morgan fingerprint density at radius 2 is 2.10 bits per heavy atom. The number of amides is 1. The van der Waals surface area contributed by atoms with Gasteiger partial charge in [-0.05, 0) is 25.5 Å². The third kappa shape index (κ3) is 5.02. The highest BCUT2D eigenvalue weighted by Crippen LogP contribution is 2.29. The second kappa shape index (κ2) is 7.99. The van der Waals surface area contributed by atoms with E-state index >= 15 is 0 Å². The maximum Gasteiger partial charge on any atom is 0.237 e. The summed E-state index contributed by atoms with van der Waals surface area (Å²) in [6, 6.07) is 9.44. The summed E-state index contributed by atoms with van der Waals surface area (Å²) in [7, 11) is 0. The van der Waals surface area contributed by atoms with Gasteiger partial charge in [-0.2, -0.15) is 0 Å². The third-order valence-corrected chi connectivity index (χ3v) is 4.69. The van der Waals surface area contributed by atoms with Crippen molar-refractivity contribution in [1.29, 1.82) is 0 Å². The molecule has 112 valence electrons. The van der Waals surface area contributed by atoms with Crippen LogP contribution in [0, 0.1) is 0 Å². The number of hydrogen-bond donors (Lipinski definition) is 2. The van der Waals surface area contributed by atoms with Gasteiger partial charge in [0.25, 0.3) is 0 Å². The van der Waals surface area contributed by atoms with Gasteiger partial charge in [0.2, 0.25) is 11.0 Å². The van der Waals surface area contributed by atoms with Crippen LogP contribution >= 0.6 is 23.1 Å². The summed E-state index contributed by atoms with van der Waals surface area (Å²) >= 11 is 2.89. The Morgan fingerprint density at radius 1 is 1.33 bits per heavy atom. The molecule has 0 aliphatic heterocycles. The first kappa shape index (κ1) is 15.8. The van der Waals surface area contributed by atoms with Gasteiger partial charge in [0.15, 0.2) is 4.34 Å². The van der Waals surface area contributed by atoms with Gasteiger partial charge in [-0.1, -0.05) is 48.2 Å². The largest absolute Gasteiger partial charge is 0.360 e. The fourth-order valence-corrected chi connectivity index (χ4v) is 3.45. The average Bonchev–Trinajstić information content (AvgIpc) is 2.93. The van der Waals surface area contributed by atoms with Crippen molar-refractivity contribution in [3.63, 3.8) is 0 Å². The molecule has 0 spiro atoms. The van der Waals surface area contributed by atoms with Crippen molar-refractivity contribution in [2.45, 2.75) is 29.9 Å². The number of thioether (sulfide) groups is 1. The smallest absolute Gasteiger partial charge is 0.237 e. The summed E-state index contributed by atoms with van der Waals surface area (Å²) in [4.78, 5) is 12.1. The van der Waals surface area contributed by atoms with Crippen molar-refractivity contribution < 1.29 is 4.79 Å². The third-order valence-electron chi connectivity index (χ3n) is 2.62. The second-order valence-corrected chi connectivity index (χ2v) is 6.98. The molecule has 7 heteroatoms. The molecule has 0 radical (unpaired) electrons. The molecule has 21 heavy (non-hydrogen) atoms. The van der Waals surface area contributed by atoms with Gasteiger partial charge < -0.3 is 10.6 Å². The molecule has 1 heterocycles. The number of nitrogens with one attached hydrogen (secondary N) is 2. The van der Waals surface area contributed by atoms with E-state index in [9.17, 15) is 4.79 Å². The van der Waals surface area contributed by atoms with Crippen LogP contribution in [-0.2, 0) is 4.79 Å². The van der Waals surface area contributed by atoms with Crippen molar-refractivity contribution in [2.24, 2.45) is 0 Å². The standard InChI is InChI=1S/C14H18N4OS2/c1-3-9-15-13-17-18-14(21-13)20-10(2)12(19)16-11-7-5-4-6-8-11/h4-8,10H,3,9H2,1-2H3,(H,15,17)(H,16,19)/t10-/m0/s1. The highest BCUT2D eigenvalue weighted by Gasteiger charge is 2.17. The minimum Gasteiger partial charge on any atom is -0.360 e. The number of anilines is 2. The lowest BCUT2D eigenvalue weighted by molar-refractivity contribution is -0.115. The van der Waals surface area contributed by atoms with Crippen molar-refractivity contribution in [2.75, 3.05) is 17.2 Å². The quantitative estimate of drug-likeness (QED) is 0.764. The van der Waals surface area contributed by atoms with Gasteiger partial charge >= 0.3 is 0 Å². The molecule has 0 saturated heterocycles. The van der Waals surface area contributed by atoms with E-state index in [1.807, 2.05) is 37.3 Å². The zero-order valence-corrected chi connectivity index (χ0v) is 13.6. The number of aromatic nitrogens is 2. The molecular weight excluding hydrogens is 304 g/mol. The molecular formula is C14H18N4OS2. The van der Waals surface area contributed by atoms with Crippen LogP contribution in [0.4, 0.5) is 10.8 Å². The first-order valence-electron chi connectivity index (χ1n) is 6.79. The van der Waals surface area contributed by atoms with Crippen LogP contribution < -0.4 is 10.6 Å². The summed E-state index contributed by atoms with van der Waals surface area (Å²) in [6.07, 6.45) is 1.04. The van der Waals surface area contributed by atoms with Crippen LogP contribution in [0.5, 0.6) is 0 Å². The molecule has 0 fully saturated rings. The van der Waals surface area contributed by atoms with Crippen LogP contribution in [0.3, 0.4) is 0 Å². The van der Waals surface area contributed by atoms with Crippen molar-refractivity contribution in [3.8, 4) is 0 Å². The lowest BCUT2D eigenvalue weighted by atomic mass is 10.3. The Kier molecular flexibility index (Phi) is 6.01. The summed E-state index contributed by atoms with van der Waals surface area (Å²) in [5, 5.41) is 14.8. The highest BCUT2D eigenvalue weighted by atomic mass is 32.2. The van der Waals surface area contributed by atoms with Gasteiger partial charge in [-0.3, -0.25) is 4.79 Å². The molecule has 0 saturated carbocycles. The number of nitrogens with zero attached hydrogens (tertiary/aromatic N) is 2. The lowest BCUT2D eigenvalue weighted by Gasteiger charge is -2.09. The Hall–Kier alpha value is -1.60. The molecule has 2 N–H and O–H groups in total. The van der Waals surface area contributed by atoms with Gasteiger partial charge in [-0.25, -0.2) is 0 Å². The minimum atomic E-state index is -0.225. The fourth-order valence-electron chi connectivity index (χ4n) is 1.53. The molecule has 2 rings (SSSR count). The van der Waals surface area contributed by atoms with E-state index < -0.39 is 0 Å². The van der Waals surface area contributed by atoms with Crippen molar-refractivity contribution >= 4 is 39.8 Å². The average molecular weight is 322 g/mol. The van der Waals surface area contributed by atoms with E-state index in [4.69, 9.17) is 0 Å². The van der Waals surface area contributed by atoms with Crippen LogP contribution in [0.15, 0.2) is 34.7 Å². The topological polar surface area (TPSA) is 66.9 Å². The van der Waals surface area contributed by atoms with Gasteiger partial charge in [0.1, 0.15) is 0 Å². The molecule has 5 nitrogen and oxygen atoms in total. The number of benzene rings is 1. The van der Waals surface area contributed by atoms with Crippen LogP contribution in [0.25, 0.3) is 0 Å². The zero-order valence-electron chi connectivity index (χ0n) is 12.0. The Bertz CT molecular complexity index is 573. The molecule has 1 amide bonds. The lowest BCUT2D eigenvalue weighted by Crippen LogP contribution is -2.22. The van der Waals surface area contributed by atoms with E-state index in [2.05, 4.69) is 27.8 Å². The predicted octanol–water partition coefficient (Wildman–Crippen LogP) is 3.48. The van der Waals surface area contributed by atoms with Gasteiger partial charge in [0.05, 0.1) is 5.25 Å². The normalized spacial score (nSPS) is 11.9. The number of rotatable bonds is 7. The van der Waals surface area contributed by atoms with Crippen molar-refractivity contribution in [3.05, 3.63) is 30.3 Å². The molecule has 0 aliphatic rings. The summed E-state index contributed by atoms with van der Waals surface area (Å²) in [6.45, 7) is 4.84. The van der Waals surface area contributed by atoms with E-state index in [1.54, 1.807) is 0 Å². The Labute approximate surface area is 132 Å². The molecule has 2 aromatic rings.